The zero-order chi connectivity index (χ0) is 13.7. The van der Waals surface area contributed by atoms with Crippen LogP contribution in [0.5, 0.6) is 5.75 Å². The van der Waals surface area contributed by atoms with Gasteiger partial charge in [-0.1, -0.05) is 12.1 Å². The lowest BCUT2D eigenvalue weighted by molar-refractivity contribution is -0.120. The molecule has 1 saturated heterocycles. The molecule has 0 aliphatic carbocycles. The molecule has 0 aromatic heterocycles. The van der Waals surface area contributed by atoms with Crippen LogP contribution in [0.2, 0.25) is 0 Å². The van der Waals surface area contributed by atoms with Crippen molar-refractivity contribution in [3.8, 4) is 5.75 Å². The van der Waals surface area contributed by atoms with E-state index >= 15 is 0 Å². The molecule has 0 bridgehead atoms. The largest absolute Gasteiger partial charge is 0.497 e. The number of hydrogen-bond donors (Lipinski definition) is 3. The van der Waals surface area contributed by atoms with E-state index in [4.69, 9.17) is 4.74 Å². The molecule has 1 fully saturated rings. The Labute approximate surface area is 113 Å². The second-order valence-electron chi connectivity index (χ2n) is 4.82. The molecule has 5 nitrogen and oxygen atoms in total. The van der Waals surface area contributed by atoms with Gasteiger partial charge in [0.15, 0.2) is 0 Å². The second kappa shape index (κ2) is 6.54. The standard InChI is InChI=1S/C14H20N2O3/c1-19-12-4-2-3-10(5-12)6-14(18)16-8-11-7-15-9-13(11)17/h2-5,11,13,15,17H,6-9H2,1H3,(H,16,18). The van der Waals surface area contributed by atoms with Crippen molar-refractivity contribution in [1.29, 1.82) is 0 Å². The van der Waals surface area contributed by atoms with Crippen LogP contribution in [0.15, 0.2) is 24.3 Å². The van der Waals surface area contributed by atoms with Gasteiger partial charge in [0.05, 0.1) is 19.6 Å². The van der Waals surface area contributed by atoms with Gasteiger partial charge < -0.3 is 20.5 Å². The maximum atomic E-state index is 11.8. The lowest BCUT2D eigenvalue weighted by Crippen LogP contribution is -2.35. The lowest BCUT2D eigenvalue weighted by Gasteiger charge is -2.14. The third-order valence-corrected chi connectivity index (χ3v) is 3.36. The molecule has 0 radical (unpaired) electrons. The van der Waals surface area contributed by atoms with E-state index in [0.717, 1.165) is 17.9 Å². The molecule has 5 heteroatoms. The van der Waals surface area contributed by atoms with Crippen molar-refractivity contribution in [2.75, 3.05) is 26.7 Å². The molecule has 1 heterocycles. The van der Waals surface area contributed by atoms with Crippen LogP contribution in [0.3, 0.4) is 0 Å². The van der Waals surface area contributed by atoms with E-state index in [9.17, 15) is 9.90 Å². The molecule has 1 amide bonds. The van der Waals surface area contributed by atoms with Crippen molar-refractivity contribution in [3.05, 3.63) is 29.8 Å². The van der Waals surface area contributed by atoms with Crippen LogP contribution >= 0.6 is 0 Å². The van der Waals surface area contributed by atoms with Crippen LogP contribution in [0, 0.1) is 5.92 Å². The van der Waals surface area contributed by atoms with Gasteiger partial charge in [0.1, 0.15) is 5.75 Å². The summed E-state index contributed by atoms with van der Waals surface area (Å²) in [6.07, 6.45) is -0.0369. The van der Waals surface area contributed by atoms with Crippen LogP contribution in [-0.4, -0.2) is 43.9 Å². The van der Waals surface area contributed by atoms with Gasteiger partial charge in [0.2, 0.25) is 5.91 Å². The Balaban J connectivity index is 1.80. The minimum atomic E-state index is -0.364. The Kier molecular flexibility index (Phi) is 4.76. The van der Waals surface area contributed by atoms with E-state index in [1.165, 1.54) is 0 Å². The van der Waals surface area contributed by atoms with Crippen LogP contribution in [0.25, 0.3) is 0 Å². The third kappa shape index (κ3) is 3.94. The zero-order valence-electron chi connectivity index (χ0n) is 11.1. The number of carbonyl (C=O) groups is 1. The number of carbonyl (C=O) groups excluding carboxylic acids is 1. The molecule has 104 valence electrons. The van der Waals surface area contributed by atoms with Gasteiger partial charge in [-0.3, -0.25) is 4.79 Å². The first-order valence-corrected chi connectivity index (χ1v) is 6.47. The lowest BCUT2D eigenvalue weighted by atomic mass is 10.1. The fraction of sp³-hybridized carbons (Fsp3) is 0.500. The predicted octanol–water partition coefficient (Wildman–Crippen LogP) is -0.0658. The summed E-state index contributed by atoms with van der Waals surface area (Å²) < 4.78 is 5.12. The quantitative estimate of drug-likeness (QED) is 0.696. The maximum Gasteiger partial charge on any atom is 0.224 e. The molecule has 0 saturated carbocycles. The molecule has 1 aromatic rings. The normalized spacial score (nSPS) is 22.2. The van der Waals surface area contributed by atoms with E-state index < -0.39 is 0 Å². The predicted molar refractivity (Wildman–Crippen MR) is 72.1 cm³/mol. The molecule has 1 aliphatic heterocycles. The molecule has 3 N–H and O–H groups in total. The molecular formula is C14H20N2O3. The Morgan fingerprint density at radius 1 is 1.53 bits per heavy atom. The number of ether oxygens (including phenoxy) is 1. The minimum absolute atomic E-state index is 0.0349. The first kappa shape index (κ1) is 13.8. The summed E-state index contributed by atoms with van der Waals surface area (Å²) >= 11 is 0. The summed E-state index contributed by atoms with van der Waals surface area (Å²) in [4.78, 5) is 11.8. The second-order valence-corrected chi connectivity index (χ2v) is 4.82. The molecule has 1 aromatic carbocycles. The van der Waals surface area contributed by atoms with E-state index in [2.05, 4.69) is 10.6 Å². The van der Waals surface area contributed by atoms with Gasteiger partial charge in [0, 0.05) is 25.6 Å². The smallest absolute Gasteiger partial charge is 0.224 e. The Morgan fingerprint density at radius 3 is 3.05 bits per heavy atom. The van der Waals surface area contributed by atoms with Crippen molar-refractivity contribution >= 4 is 5.91 Å². The third-order valence-electron chi connectivity index (χ3n) is 3.36. The number of benzene rings is 1. The fourth-order valence-electron chi connectivity index (χ4n) is 2.20. The number of amides is 1. The molecule has 2 unspecified atom stereocenters. The topological polar surface area (TPSA) is 70.6 Å². The van der Waals surface area contributed by atoms with E-state index in [-0.39, 0.29) is 17.9 Å². The summed E-state index contributed by atoms with van der Waals surface area (Å²) in [5, 5.41) is 15.6. The Bertz CT molecular complexity index is 436. The van der Waals surface area contributed by atoms with Gasteiger partial charge >= 0.3 is 0 Å². The highest BCUT2D eigenvalue weighted by Crippen LogP contribution is 2.13. The first-order chi connectivity index (χ1) is 9.19. The minimum Gasteiger partial charge on any atom is -0.497 e. The molecular weight excluding hydrogens is 244 g/mol. The number of β-amino-alcohol motifs (C(OH)–C–C–N with tert-alkyl or cyclic N) is 1. The number of rotatable bonds is 5. The Morgan fingerprint density at radius 2 is 2.37 bits per heavy atom. The highest BCUT2D eigenvalue weighted by atomic mass is 16.5. The van der Waals surface area contributed by atoms with Crippen molar-refractivity contribution in [2.24, 2.45) is 5.92 Å². The molecule has 2 atom stereocenters. The average molecular weight is 264 g/mol. The van der Waals surface area contributed by atoms with E-state index in [0.29, 0.717) is 19.5 Å². The summed E-state index contributed by atoms with van der Waals surface area (Å²) in [5.41, 5.74) is 0.918. The number of methoxy groups -OCH3 is 1. The van der Waals surface area contributed by atoms with Gasteiger partial charge in [0.25, 0.3) is 0 Å². The average Bonchev–Trinajstić information content (AvgIpc) is 2.82. The molecule has 19 heavy (non-hydrogen) atoms. The van der Waals surface area contributed by atoms with Crippen LogP contribution in [0.4, 0.5) is 0 Å². The molecule has 1 aliphatic rings. The molecule has 2 rings (SSSR count). The van der Waals surface area contributed by atoms with Gasteiger partial charge in [-0.25, -0.2) is 0 Å². The summed E-state index contributed by atoms with van der Waals surface area (Å²) in [7, 11) is 1.60. The van der Waals surface area contributed by atoms with Crippen LogP contribution in [-0.2, 0) is 11.2 Å². The zero-order valence-corrected chi connectivity index (χ0v) is 11.1. The highest BCUT2D eigenvalue weighted by molar-refractivity contribution is 5.78. The number of aliphatic hydroxyl groups excluding tert-OH is 1. The van der Waals surface area contributed by atoms with E-state index in [1.54, 1.807) is 7.11 Å². The van der Waals surface area contributed by atoms with Gasteiger partial charge in [-0.05, 0) is 17.7 Å². The van der Waals surface area contributed by atoms with Crippen molar-refractivity contribution in [2.45, 2.75) is 12.5 Å². The summed E-state index contributed by atoms with van der Waals surface area (Å²) in [6, 6.07) is 7.47. The monoisotopic (exact) mass is 264 g/mol. The van der Waals surface area contributed by atoms with Crippen molar-refractivity contribution < 1.29 is 14.6 Å². The van der Waals surface area contributed by atoms with Crippen LogP contribution < -0.4 is 15.4 Å². The molecule has 0 spiro atoms. The summed E-state index contributed by atoms with van der Waals surface area (Å²) in [6.45, 7) is 1.87. The summed E-state index contributed by atoms with van der Waals surface area (Å²) in [5.74, 6) is 0.822. The van der Waals surface area contributed by atoms with Crippen LogP contribution in [0.1, 0.15) is 5.56 Å². The first-order valence-electron chi connectivity index (χ1n) is 6.47. The number of hydrogen-bond acceptors (Lipinski definition) is 4. The number of nitrogens with one attached hydrogen (secondary N) is 2. The van der Waals surface area contributed by atoms with Gasteiger partial charge in [-0.2, -0.15) is 0 Å². The van der Waals surface area contributed by atoms with Crippen molar-refractivity contribution in [1.82, 2.24) is 10.6 Å². The number of aliphatic hydroxyl groups is 1. The van der Waals surface area contributed by atoms with E-state index in [1.807, 2.05) is 24.3 Å². The highest BCUT2D eigenvalue weighted by Gasteiger charge is 2.24. The van der Waals surface area contributed by atoms with Gasteiger partial charge in [-0.15, -0.1) is 0 Å². The SMILES string of the molecule is COc1cccc(CC(=O)NCC2CNCC2O)c1. The fourth-order valence-corrected chi connectivity index (χ4v) is 2.20. The maximum absolute atomic E-state index is 11.8. The van der Waals surface area contributed by atoms with Crippen molar-refractivity contribution in [3.63, 3.8) is 0 Å². The Hall–Kier alpha value is -1.59.